The zero-order valence-electron chi connectivity index (χ0n) is 13.3. The molecule has 2 N–H and O–H groups in total. The molecule has 1 amide bonds. The molecule has 0 aromatic heterocycles. The van der Waals surface area contributed by atoms with Crippen LogP contribution in [0.4, 0.5) is 5.69 Å². The van der Waals surface area contributed by atoms with Gasteiger partial charge in [-0.05, 0) is 74.3 Å². The van der Waals surface area contributed by atoms with Crippen LogP contribution in [0.25, 0.3) is 0 Å². The smallest absolute Gasteiger partial charge is 0.257 e. The van der Waals surface area contributed by atoms with Crippen molar-refractivity contribution in [1.29, 1.82) is 0 Å². The van der Waals surface area contributed by atoms with Gasteiger partial charge in [0.25, 0.3) is 5.91 Å². The fourth-order valence-corrected chi connectivity index (χ4v) is 2.41. The molecule has 114 valence electrons. The van der Waals surface area contributed by atoms with Gasteiger partial charge in [-0.2, -0.15) is 0 Å². The number of hydrogen-bond acceptors (Lipinski definition) is 2. The number of nitrogens with one attached hydrogen (secondary N) is 2. The molecule has 0 spiro atoms. The van der Waals surface area contributed by atoms with E-state index in [1.807, 2.05) is 58.0 Å². The van der Waals surface area contributed by atoms with Crippen LogP contribution in [0.3, 0.4) is 0 Å². The summed E-state index contributed by atoms with van der Waals surface area (Å²) in [7, 11) is 0. The van der Waals surface area contributed by atoms with Gasteiger partial charge < -0.3 is 5.32 Å². The van der Waals surface area contributed by atoms with Crippen molar-refractivity contribution in [2.75, 3.05) is 5.32 Å². The number of aryl methyl sites for hydroxylation is 4. The van der Waals surface area contributed by atoms with E-state index in [1.165, 1.54) is 0 Å². The molecule has 3 nitrogen and oxygen atoms in total. The Hall–Kier alpha value is -2.20. The van der Waals surface area contributed by atoms with E-state index < -0.39 is 0 Å². The molecule has 2 aromatic rings. The minimum absolute atomic E-state index is 0.202. The van der Waals surface area contributed by atoms with Crippen molar-refractivity contribution in [2.45, 2.75) is 27.7 Å². The quantitative estimate of drug-likeness (QED) is 0.822. The van der Waals surface area contributed by atoms with Gasteiger partial charge in [0.2, 0.25) is 0 Å². The molecule has 22 heavy (non-hydrogen) atoms. The third kappa shape index (κ3) is 3.71. The first-order valence-corrected chi connectivity index (χ1v) is 7.55. The van der Waals surface area contributed by atoms with Crippen LogP contribution in [0, 0.1) is 27.7 Å². The average Bonchev–Trinajstić information content (AvgIpc) is 2.46. The number of hydrogen-bond donors (Lipinski definition) is 2. The number of thiocarbonyl (C=S) groups is 1. The molecule has 0 unspecified atom stereocenters. The van der Waals surface area contributed by atoms with E-state index >= 15 is 0 Å². The van der Waals surface area contributed by atoms with E-state index in [2.05, 4.69) is 10.6 Å². The highest BCUT2D eigenvalue weighted by atomic mass is 32.1. The van der Waals surface area contributed by atoms with Crippen LogP contribution in [0.15, 0.2) is 36.4 Å². The fourth-order valence-electron chi connectivity index (χ4n) is 2.21. The lowest BCUT2D eigenvalue weighted by Gasteiger charge is -2.14. The molecular weight excluding hydrogens is 292 g/mol. The van der Waals surface area contributed by atoms with Crippen LogP contribution in [-0.2, 0) is 0 Å². The van der Waals surface area contributed by atoms with Crippen LogP contribution in [0.2, 0.25) is 0 Å². The molecule has 0 bridgehead atoms. The standard InChI is InChI=1S/C18H20N2OS/c1-11-8-9-15(10-14(11)4)17(21)20-18(22)19-16-12(2)6-5-7-13(16)3/h5-10H,1-4H3,(H2,19,20,21,22). The molecule has 2 rings (SSSR count). The van der Waals surface area contributed by atoms with E-state index in [9.17, 15) is 4.79 Å². The highest BCUT2D eigenvalue weighted by molar-refractivity contribution is 7.80. The summed E-state index contributed by atoms with van der Waals surface area (Å²) < 4.78 is 0. The fraction of sp³-hybridized carbons (Fsp3) is 0.222. The van der Waals surface area contributed by atoms with Gasteiger partial charge in [-0.3, -0.25) is 10.1 Å². The zero-order valence-corrected chi connectivity index (χ0v) is 14.1. The second kappa shape index (κ2) is 6.71. The zero-order chi connectivity index (χ0) is 16.3. The van der Waals surface area contributed by atoms with Gasteiger partial charge in [-0.15, -0.1) is 0 Å². The summed E-state index contributed by atoms with van der Waals surface area (Å²) in [5.41, 5.74) is 5.96. The molecule has 0 aliphatic heterocycles. The van der Waals surface area contributed by atoms with Crippen LogP contribution in [-0.4, -0.2) is 11.0 Å². The first kappa shape index (κ1) is 16.2. The minimum Gasteiger partial charge on any atom is -0.332 e. The second-order valence-corrected chi connectivity index (χ2v) is 5.88. The Bertz CT molecular complexity index is 718. The summed E-state index contributed by atoms with van der Waals surface area (Å²) in [6, 6.07) is 11.6. The summed E-state index contributed by atoms with van der Waals surface area (Å²) in [5, 5.41) is 6.14. The van der Waals surface area contributed by atoms with Crippen molar-refractivity contribution in [1.82, 2.24) is 5.32 Å². The van der Waals surface area contributed by atoms with Gasteiger partial charge in [0, 0.05) is 11.3 Å². The number of amides is 1. The SMILES string of the molecule is Cc1ccc(C(=O)NC(=S)Nc2c(C)cccc2C)cc1C. The first-order valence-electron chi connectivity index (χ1n) is 7.14. The summed E-state index contributed by atoms with van der Waals surface area (Å²) in [6.45, 7) is 8.01. The van der Waals surface area contributed by atoms with Crippen molar-refractivity contribution >= 4 is 28.9 Å². The predicted octanol–water partition coefficient (Wildman–Crippen LogP) is 4.05. The summed E-state index contributed by atoms with van der Waals surface area (Å²) in [4.78, 5) is 12.2. The molecular formula is C18H20N2OS. The average molecular weight is 312 g/mol. The normalized spacial score (nSPS) is 10.2. The molecule has 0 atom stereocenters. The largest absolute Gasteiger partial charge is 0.332 e. The third-order valence-electron chi connectivity index (χ3n) is 3.72. The van der Waals surface area contributed by atoms with E-state index in [-0.39, 0.29) is 5.91 Å². The number of rotatable bonds is 2. The Kier molecular flexibility index (Phi) is 4.93. The molecule has 0 fully saturated rings. The highest BCUT2D eigenvalue weighted by Crippen LogP contribution is 2.19. The lowest BCUT2D eigenvalue weighted by molar-refractivity contribution is 0.0977. The number of para-hydroxylation sites is 1. The molecule has 0 aliphatic rings. The highest BCUT2D eigenvalue weighted by Gasteiger charge is 2.10. The Labute approximate surface area is 136 Å². The minimum atomic E-state index is -0.202. The molecule has 0 heterocycles. The van der Waals surface area contributed by atoms with Crippen LogP contribution in [0.5, 0.6) is 0 Å². The maximum absolute atomic E-state index is 12.2. The van der Waals surface area contributed by atoms with Crippen LogP contribution in [0.1, 0.15) is 32.6 Å². The number of benzene rings is 2. The van der Waals surface area contributed by atoms with Gasteiger partial charge in [0.1, 0.15) is 0 Å². The first-order chi connectivity index (χ1) is 10.4. The van der Waals surface area contributed by atoms with Gasteiger partial charge >= 0.3 is 0 Å². The maximum atomic E-state index is 12.2. The predicted molar refractivity (Wildman–Crippen MR) is 95.5 cm³/mol. The Balaban J connectivity index is 2.08. The number of anilines is 1. The lowest BCUT2D eigenvalue weighted by Crippen LogP contribution is -2.34. The lowest BCUT2D eigenvalue weighted by atomic mass is 10.1. The second-order valence-electron chi connectivity index (χ2n) is 5.47. The van der Waals surface area contributed by atoms with Gasteiger partial charge in [0.05, 0.1) is 0 Å². The van der Waals surface area contributed by atoms with Crippen LogP contribution < -0.4 is 10.6 Å². The number of carbonyl (C=O) groups is 1. The molecule has 2 aromatic carbocycles. The van der Waals surface area contributed by atoms with Crippen molar-refractivity contribution < 1.29 is 4.79 Å². The van der Waals surface area contributed by atoms with E-state index in [0.717, 1.165) is 27.9 Å². The maximum Gasteiger partial charge on any atom is 0.257 e. The van der Waals surface area contributed by atoms with E-state index in [1.54, 1.807) is 6.07 Å². The third-order valence-corrected chi connectivity index (χ3v) is 3.92. The monoisotopic (exact) mass is 312 g/mol. The molecule has 0 radical (unpaired) electrons. The topological polar surface area (TPSA) is 41.1 Å². The summed E-state index contributed by atoms with van der Waals surface area (Å²) in [6.07, 6.45) is 0. The van der Waals surface area contributed by atoms with Crippen molar-refractivity contribution in [3.63, 3.8) is 0 Å². The molecule has 0 saturated carbocycles. The van der Waals surface area contributed by atoms with Gasteiger partial charge in [-0.1, -0.05) is 24.3 Å². The molecule has 0 aliphatic carbocycles. The van der Waals surface area contributed by atoms with Crippen molar-refractivity contribution in [2.24, 2.45) is 0 Å². The summed E-state index contributed by atoms with van der Waals surface area (Å²) >= 11 is 5.25. The number of carbonyl (C=O) groups excluding carboxylic acids is 1. The Morgan fingerprint density at radius 1 is 0.909 bits per heavy atom. The van der Waals surface area contributed by atoms with Crippen molar-refractivity contribution in [3.05, 3.63) is 64.2 Å². The molecule has 0 saturated heterocycles. The van der Waals surface area contributed by atoms with E-state index in [4.69, 9.17) is 12.2 Å². The Morgan fingerprint density at radius 3 is 2.14 bits per heavy atom. The summed E-state index contributed by atoms with van der Waals surface area (Å²) in [5.74, 6) is -0.202. The van der Waals surface area contributed by atoms with Crippen LogP contribution >= 0.6 is 12.2 Å². The van der Waals surface area contributed by atoms with Gasteiger partial charge in [0.15, 0.2) is 5.11 Å². The Morgan fingerprint density at radius 2 is 1.55 bits per heavy atom. The van der Waals surface area contributed by atoms with E-state index in [0.29, 0.717) is 10.7 Å². The molecule has 4 heteroatoms. The van der Waals surface area contributed by atoms with Crippen molar-refractivity contribution in [3.8, 4) is 0 Å². The van der Waals surface area contributed by atoms with Gasteiger partial charge in [-0.25, -0.2) is 0 Å².